The third-order valence-electron chi connectivity index (χ3n) is 3.74. The first-order valence-electron chi connectivity index (χ1n) is 7.06. The average Bonchev–Trinajstić information content (AvgIpc) is 2.74. The molecule has 1 aliphatic rings. The van der Waals surface area contributed by atoms with Crippen molar-refractivity contribution < 1.29 is 14.3 Å². The summed E-state index contributed by atoms with van der Waals surface area (Å²) in [7, 11) is 0. The van der Waals surface area contributed by atoms with Crippen LogP contribution in [0, 0.1) is 6.92 Å². The predicted molar refractivity (Wildman–Crippen MR) is 82.5 cm³/mol. The zero-order chi connectivity index (χ0) is 15.0. The number of hydrogen-bond acceptors (Lipinski definition) is 4. The number of rotatable bonds is 2. The molecule has 0 radical (unpaired) electrons. The van der Waals surface area contributed by atoms with Crippen LogP contribution < -0.4 is 5.73 Å². The second-order valence-electron chi connectivity index (χ2n) is 5.43. The van der Waals surface area contributed by atoms with Crippen molar-refractivity contribution in [1.29, 1.82) is 0 Å². The minimum Gasteiger partial charge on any atom is -0.504 e. The van der Waals surface area contributed by atoms with Gasteiger partial charge in [-0.1, -0.05) is 17.7 Å². The number of furan rings is 1. The maximum atomic E-state index is 10.5. The van der Waals surface area contributed by atoms with Crippen molar-refractivity contribution in [3.63, 3.8) is 0 Å². The van der Waals surface area contributed by atoms with E-state index in [9.17, 15) is 5.11 Å². The van der Waals surface area contributed by atoms with Gasteiger partial charge in [-0.2, -0.15) is 0 Å². The number of aromatic hydroxyl groups is 1. The molecular weight excluding hydrogens is 290 g/mol. The lowest BCUT2D eigenvalue weighted by Gasteiger charge is -2.20. The summed E-state index contributed by atoms with van der Waals surface area (Å²) in [4.78, 5) is 0. The smallest absolute Gasteiger partial charge is 0.202 e. The molecule has 1 aliphatic heterocycles. The van der Waals surface area contributed by atoms with Crippen LogP contribution in [-0.2, 0) is 4.74 Å². The monoisotopic (exact) mass is 307 g/mol. The summed E-state index contributed by atoms with van der Waals surface area (Å²) in [6.07, 6.45) is 2.69. The fraction of sp³-hybridized carbons (Fsp3) is 0.375. The molecule has 4 nitrogen and oxygen atoms in total. The number of nitrogens with two attached hydrogens (primary N) is 1. The van der Waals surface area contributed by atoms with Crippen molar-refractivity contribution in [2.24, 2.45) is 0 Å². The molecule has 1 atom stereocenters. The molecule has 1 aromatic carbocycles. The van der Waals surface area contributed by atoms with Crippen LogP contribution >= 0.6 is 11.6 Å². The van der Waals surface area contributed by atoms with Gasteiger partial charge in [0.25, 0.3) is 0 Å². The Hall–Kier alpha value is -1.65. The molecule has 1 unspecified atom stereocenters. The summed E-state index contributed by atoms with van der Waals surface area (Å²) in [6.45, 7) is 2.62. The van der Waals surface area contributed by atoms with E-state index < -0.39 is 0 Å². The van der Waals surface area contributed by atoms with E-state index in [0.29, 0.717) is 23.0 Å². The summed E-state index contributed by atoms with van der Waals surface area (Å²) in [6, 6.07) is 5.53. The third kappa shape index (κ3) is 2.74. The molecule has 0 bridgehead atoms. The van der Waals surface area contributed by atoms with Crippen molar-refractivity contribution in [2.45, 2.75) is 32.3 Å². The van der Waals surface area contributed by atoms with Crippen molar-refractivity contribution >= 4 is 17.5 Å². The Balaban J connectivity index is 2.05. The topological polar surface area (TPSA) is 68.6 Å². The molecule has 1 saturated heterocycles. The van der Waals surface area contributed by atoms with Crippen molar-refractivity contribution in [1.82, 2.24) is 0 Å². The van der Waals surface area contributed by atoms with Gasteiger partial charge in [-0.05, 0) is 49.4 Å². The van der Waals surface area contributed by atoms with Gasteiger partial charge in [-0.25, -0.2) is 0 Å². The first-order chi connectivity index (χ1) is 10.1. The maximum absolute atomic E-state index is 10.5. The van der Waals surface area contributed by atoms with Gasteiger partial charge in [0.1, 0.15) is 6.10 Å². The Kier molecular flexibility index (Phi) is 3.83. The van der Waals surface area contributed by atoms with E-state index in [1.165, 1.54) is 0 Å². The van der Waals surface area contributed by atoms with Crippen LogP contribution in [0.25, 0.3) is 11.1 Å². The second kappa shape index (κ2) is 5.62. The fourth-order valence-electron chi connectivity index (χ4n) is 2.78. The maximum Gasteiger partial charge on any atom is 0.202 e. The minimum atomic E-state index is -0.227. The molecule has 1 aromatic heterocycles. The van der Waals surface area contributed by atoms with Gasteiger partial charge in [-0.15, -0.1) is 0 Å². The largest absolute Gasteiger partial charge is 0.504 e. The first kappa shape index (κ1) is 14.3. The van der Waals surface area contributed by atoms with Gasteiger partial charge in [0.2, 0.25) is 5.88 Å². The van der Waals surface area contributed by atoms with E-state index in [0.717, 1.165) is 30.4 Å². The minimum absolute atomic E-state index is 0.0565. The second-order valence-corrected chi connectivity index (χ2v) is 5.86. The lowest BCUT2D eigenvalue weighted by molar-refractivity contribution is 0.000704. The van der Waals surface area contributed by atoms with Gasteiger partial charge >= 0.3 is 0 Å². The van der Waals surface area contributed by atoms with Crippen LogP contribution in [0.5, 0.6) is 5.75 Å². The molecule has 0 amide bonds. The summed E-state index contributed by atoms with van der Waals surface area (Å²) in [5.41, 5.74) is 8.19. The molecule has 112 valence electrons. The number of benzene rings is 1. The van der Waals surface area contributed by atoms with E-state index in [2.05, 4.69) is 0 Å². The zero-order valence-corrected chi connectivity index (χ0v) is 12.6. The number of ether oxygens (including phenoxy) is 1. The molecular formula is C16H18ClNO3. The number of nitrogen functional groups attached to an aromatic ring is 1. The van der Waals surface area contributed by atoms with E-state index in [-0.39, 0.29) is 17.7 Å². The summed E-state index contributed by atoms with van der Waals surface area (Å²) in [5.74, 6) is 0.666. The Bertz CT molecular complexity index is 640. The quantitative estimate of drug-likeness (QED) is 0.860. The normalized spacial score (nSPS) is 18.9. The van der Waals surface area contributed by atoms with E-state index >= 15 is 0 Å². The van der Waals surface area contributed by atoms with Crippen LogP contribution in [0.4, 0.5) is 5.88 Å². The molecule has 21 heavy (non-hydrogen) atoms. The Morgan fingerprint density at radius 1 is 1.29 bits per heavy atom. The highest BCUT2D eigenvalue weighted by Gasteiger charge is 2.28. The van der Waals surface area contributed by atoms with E-state index in [1.54, 1.807) is 6.07 Å². The van der Waals surface area contributed by atoms with Gasteiger partial charge < -0.3 is 20.0 Å². The molecule has 2 aromatic rings. The predicted octanol–water partition coefficient (Wildman–Crippen LogP) is 4.44. The van der Waals surface area contributed by atoms with Crippen LogP contribution in [0.1, 0.15) is 36.7 Å². The molecule has 0 aliphatic carbocycles. The molecule has 5 heteroatoms. The van der Waals surface area contributed by atoms with Crippen molar-refractivity contribution in [3.8, 4) is 16.9 Å². The van der Waals surface area contributed by atoms with E-state index in [1.807, 2.05) is 19.1 Å². The molecule has 3 rings (SSSR count). The summed E-state index contributed by atoms with van der Waals surface area (Å²) < 4.78 is 11.2. The van der Waals surface area contributed by atoms with Gasteiger partial charge in [-0.3, -0.25) is 0 Å². The van der Waals surface area contributed by atoms with Gasteiger partial charge in [0.05, 0.1) is 5.56 Å². The Morgan fingerprint density at radius 3 is 2.76 bits per heavy atom. The lowest BCUT2D eigenvalue weighted by atomic mass is 10.0. The fourth-order valence-corrected chi connectivity index (χ4v) is 3.07. The lowest BCUT2D eigenvalue weighted by Crippen LogP contribution is -2.10. The Labute approximate surface area is 128 Å². The molecule has 0 saturated carbocycles. The average molecular weight is 308 g/mol. The zero-order valence-electron chi connectivity index (χ0n) is 11.9. The molecule has 3 N–H and O–H groups in total. The van der Waals surface area contributed by atoms with Crippen LogP contribution in [-0.4, -0.2) is 11.7 Å². The van der Waals surface area contributed by atoms with Crippen LogP contribution in [0.2, 0.25) is 5.02 Å². The number of halogens is 1. The Morgan fingerprint density at radius 2 is 2.10 bits per heavy atom. The SMILES string of the molecule is Cc1cc(Cl)cc(-c2c(N)oc(C3CCCCO3)c2O)c1. The summed E-state index contributed by atoms with van der Waals surface area (Å²) >= 11 is 6.08. The number of anilines is 1. The highest BCUT2D eigenvalue weighted by molar-refractivity contribution is 6.31. The standard InChI is InChI=1S/C16H18ClNO3/c1-9-6-10(8-11(17)7-9)13-14(19)15(21-16(13)18)12-4-2-3-5-20-12/h6-8,12,19H,2-5,18H2,1H3. The molecule has 2 heterocycles. The highest BCUT2D eigenvalue weighted by atomic mass is 35.5. The molecule has 1 fully saturated rings. The van der Waals surface area contributed by atoms with Crippen LogP contribution in [0.15, 0.2) is 22.6 Å². The van der Waals surface area contributed by atoms with Gasteiger partial charge in [0, 0.05) is 11.6 Å². The van der Waals surface area contributed by atoms with E-state index in [4.69, 9.17) is 26.5 Å². The first-order valence-corrected chi connectivity index (χ1v) is 7.44. The molecule has 0 spiro atoms. The third-order valence-corrected chi connectivity index (χ3v) is 3.96. The van der Waals surface area contributed by atoms with Crippen molar-refractivity contribution in [3.05, 3.63) is 34.5 Å². The van der Waals surface area contributed by atoms with Gasteiger partial charge in [0.15, 0.2) is 11.5 Å². The highest BCUT2D eigenvalue weighted by Crippen LogP contribution is 2.45. The number of hydrogen-bond donors (Lipinski definition) is 2. The van der Waals surface area contributed by atoms with Crippen molar-refractivity contribution in [2.75, 3.05) is 12.3 Å². The number of aryl methyl sites for hydroxylation is 1. The summed E-state index contributed by atoms with van der Waals surface area (Å²) in [5, 5.41) is 11.1. The van der Waals surface area contributed by atoms with Crippen LogP contribution in [0.3, 0.4) is 0 Å².